The molecule has 1 aromatic heterocycles. The van der Waals surface area contributed by atoms with Crippen molar-refractivity contribution in [3.8, 4) is 0 Å². The molecule has 0 fully saturated rings. The number of rotatable bonds is 8. The molecule has 0 saturated heterocycles. The highest BCUT2D eigenvalue weighted by Gasteiger charge is 2.43. The molecule has 1 atom stereocenters. The summed E-state index contributed by atoms with van der Waals surface area (Å²) in [7, 11) is 1.33. The van der Waals surface area contributed by atoms with Gasteiger partial charge in [0.2, 0.25) is 0 Å². The van der Waals surface area contributed by atoms with E-state index in [1.54, 1.807) is 12.3 Å². The van der Waals surface area contributed by atoms with E-state index in [9.17, 15) is 9.59 Å². The number of aromatic nitrogens is 1. The zero-order valence-electron chi connectivity index (χ0n) is 12.7. The van der Waals surface area contributed by atoms with Crippen LogP contribution < -0.4 is 5.73 Å². The van der Waals surface area contributed by atoms with Gasteiger partial charge >= 0.3 is 11.9 Å². The summed E-state index contributed by atoms with van der Waals surface area (Å²) in [5.41, 5.74) is 5.33. The van der Waals surface area contributed by atoms with Gasteiger partial charge < -0.3 is 15.2 Å². The molecule has 0 spiro atoms. The SMILES string of the molecule is CCC[C@](CCC(=O)OC)(C(=O)OCC)c1csc(N)n1. The molecule has 1 rings (SSSR count). The Labute approximate surface area is 128 Å². The van der Waals surface area contributed by atoms with Crippen LogP contribution in [0.25, 0.3) is 0 Å². The van der Waals surface area contributed by atoms with Crippen LogP contribution in [0.15, 0.2) is 5.38 Å². The number of nitrogens with zero attached hydrogens (tertiary/aromatic N) is 1. The average molecular weight is 314 g/mol. The van der Waals surface area contributed by atoms with E-state index < -0.39 is 5.41 Å². The number of methoxy groups -OCH3 is 1. The van der Waals surface area contributed by atoms with E-state index >= 15 is 0 Å². The number of thiazole rings is 1. The van der Waals surface area contributed by atoms with Gasteiger partial charge in [0.1, 0.15) is 5.41 Å². The van der Waals surface area contributed by atoms with E-state index in [4.69, 9.17) is 10.5 Å². The van der Waals surface area contributed by atoms with Crippen LogP contribution in [0.3, 0.4) is 0 Å². The first-order valence-electron chi connectivity index (χ1n) is 6.95. The Balaban J connectivity index is 3.14. The largest absolute Gasteiger partial charge is 0.469 e. The normalized spacial score (nSPS) is 13.5. The maximum atomic E-state index is 12.5. The number of anilines is 1. The maximum absolute atomic E-state index is 12.5. The van der Waals surface area contributed by atoms with Crippen LogP contribution in [0, 0.1) is 0 Å². The molecular weight excluding hydrogens is 292 g/mol. The van der Waals surface area contributed by atoms with Crippen molar-refractivity contribution in [3.63, 3.8) is 0 Å². The molecule has 7 heteroatoms. The third kappa shape index (κ3) is 4.17. The molecule has 1 aromatic rings. The van der Waals surface area contributed by atoms with E-state index in [0.717, 1.165) is 6.42 Å². The Kier molecular flexibility index (Phi) is 6.61. The summed E-state index contributed by atoms with van der Waals surface area (Å²) < 4.78 is 9.89. The minimum absolute atomic E-state index is 0.132. The summed E-state index contributed by atoms with van der Waals surface area (Å²) >= 11 is 1.28. The molecule has 118 valence electrons. The lowest BCUT2D eigenvalue weighted by Crippen LogP contribution is -2.38. The fourth-order valence-corrected chi connectivity index (χ4v) is 2.97. The van der Waals surface area contributed by atoms with Crippen molar-refractivity contribution in [2.45, 2.75) is 44.9 Å². The number of hydrogen-bond donors (Lipinski definition) is 1. The lowest BCUT2D eigenvalue weighted by atomic mass is 9.76. The number of hydrogen-bond acceptors (Lipinski definition) is 7. The van der Waals surface area contributed by atoms with Crippen LogP contribution in [0.4, 0.5) is 5.13 Å². The molecule has 0 saturated carbocycles. The monoisotopic (exact) mass is 314 g/mol. The molecule has 0 amide bonds. The number of carbonyl (C=O) groups excluding carboxylic acids is 2. The van der Waals surface area contributed by atoms with E-state index in [1.807, 2.05) is 6.92 Å². The molecule has 0 bridgehead atoms. The van der Waals surface area contributed by atoms with E-state index in [0.29, 0.717) is 23.7 Å². The highest BCUT2D eigenvalue weighted by molar-refractivity contribution is 7.13. The highest BCUT2D eigenvalue weighted by atomic mass is 32.1. The van der Waals surface area contributed by atoms with Crippen LogP contribution >= 0.6 is 11.3 Å². The molecule has 21 heavy (non-hydrogen) atoms. The lowest BCUT2D eigenvalue weighted by Gasteiger charge is -2.29. The average Bonchev–Trinajstić information content (AvgIpc) is 2.90. The number of ether oxygens (including phenoxy) is 2. The van der Waals surface area contributed by atoms with Crippen molar-refractivity contribution in [2.75, 3.05) is 19.5 Å². The standard InChI is InChI=1S/C14H22N2O4S/c1-4-7-14(12(18)20-5-2,8-6-11(17)19-3)10-9-21-13(15)16-10/h9H,4-8H2,1-3H3,(H2,15,16)/t14-/m1/s1. The summed E-state index contributed by atoms with van der Waals surface area (Å²) in [6.45, 7) is 4.01. The van der Waals surface area contributed by atoms with Gasteiger partial charge in [0.15, 0.2) is 5.13 Å². The Bertz CT molecular complexity index is 489. The first kappa shape index (κ1) is 17.4. The van der Waals surface area contributed by atoms with Gasteiger partial charge in [0.05, 0.1) is 19.4 Å². The first-order valence-corrected chi connectivity index (χ1v) is 7.83. The maximum Gasteiger partial charge on any atom is 0.318 e. The fourth-order valence-electron chi connectivity index (χ4n) is 2.31. The summed E-state index contributed by atoms with van der Waals surface area (Å²) in [6, 6.07) is 0. The van der Waals surface area contributed by atoms with Crippen LogP contribution in [0.2, 0.25) is 0 Å². The van der Waals surface area contributed by atoms with Gasteiger partial charge in [-0.2, -0.15) is 0 Å². The lowest BCUT2D eigenvalue weighted by molar-refractivity contribution is -0.152. The van der Waals surface area contributed by atoms with Crippen LogP contribution in [0.5, 0.6) is 0 Å². The second-order valence-corrected chi connectivity index (χ2v) is 5.59. The zero-order valence-corrected chi connectivity index (χ0v) is 13.5. The summed E-state index contributed by atoms with van der Waals surface area (Å²) in [5, 5.41) is 2.16. The predicted octanol–water partition coefficient (Wildman–Crippen LogP) is 2.28. The van der Waals surface area contributed by atoms with Gasteiger partial charge in [-0.3, -0.25) is 9.59 Å². The van der Waals surface area contributed by atoms with Crippen molar-refractivity contribution in [1.82, 2.24) is 4.98 Å². The molecule has 2 N–H and O–H groups in total. The third-order valence-corrected chi connectivity index (χ3v) is 4.01. The second-order valence-electron chi connectivity index (χ2n) is 4.70. The molecule has 0 aliphatic heterocycles. The van der Waals surface area contributed by atoms with Gasteiger partial charge in [-0.25, -0.2) is 4.98 Å². The van der Waals surface area contributed by atoms with Crippen molar-refractivity contribution >= 4 is 28.4 Å². The molecule has 0 unspecified atom stereocenters. The predicted molar refractivity (Wildman–Crippen MR) is 81.0 cm³/mol. The fraction of sp³-hybridized carbons (Fsp3) is 0.643. The third-order valence-electron chi connectivity index (χ3n) is 3.34. The smallest absolute Gasteiger partial charge is 0.318 e. The van der Waals surface area contributed by atoms with Gasteiger partial charge in [-0.15, -0.1) is 11.3 Å². The molecule has 0 aliphatic rings. The Morgan fingerprint density at radius 1 is 1.38 bits per heavy atom. The quantitative estimate of drug-likeness (QED) is 0.740. The minimum atomic E-state index is -0.937. The topological polar surface area (TPSA) is 91.5 Å². The minimum Gasteiger partial charge on any atom is -0.469 e. The van der Waals surface area contributed by atoms with Crippen molar-refractivity contribution in [3.05, 3.63) is 11.1 Å². The molecule has 0 aliphatic carbocycles. The molecular formula is C14H22N2O4S. The Morgan fingerprint density at radius 3 is 2.57 bits per heavy atom. The van der Waals surface area contributed by atoms with Crippen molar-refractivity contribution in [2.24, 2.45) is 0 Å². The van der Waals surface area contributed by atoms with E-state index in [2.05, 4.69) is 9.72 Å². The van der Waals surface area contributed by atoms with Gasteiger partial charge in [0.25, 0.3) is 0 Å². The van der Waals surface area contributed by atoms with Crippen LogP contribution in [0.1, 0.15) is 45.2 Å². The van der Waals surface area contributed by atoms with E-state index in [-0.39, 0.29) is 25.0 Å². The van der Waals surface area contributed by atoms with Crippen LogP contribution in [-0.4, -0.2) is 30.6 Å². The number of nitrogen functional groups attached to an aromatic ring is 1. The van der Waals surface area contributed by atoms with Gasteiger partial charge in [-0.05, 0) is 19.8 Å². The molecule has 6 nitrogen and oxygen atoms in total. The van der Waals surface area contributed by atoms with Gasteiger partial charge in [0, 0.05) is 11.8 Å². The molecule has 1 heterocycles. The highest BCUT2D eigenvalue weighted by Crippen LogP contribution is 2.37. The Hall–Kier alpha value is -1.63. The Morgan fingerprint density at radius 2 is 2.10 bits per heavy atom. The number of nitrogens with two attached hydrogens (primary N) is 1. The molecule has 0 aromatic carbocycles. The summed E-state index contributed by atoms with van der Waals surface area (Å²) in [5.74, 6) is -0.718. The summed E-state index contributed by atoms with van der Waals surface area (Å²) in [6.07, 6.45) is 1.74. The number of carbonyl (C=O) groups is 2. The second kappa shape index (κ2) is 7.97. The van der Waals surface area contributed by atoms with Gasteiger partial charge in [-0.1, -0.05) is 13.3 Å². The summed E-state index contributed by atoms with van der Waals surface area (Å²) in [4.78, 5) is 28.2. The van der Waals surface area contributed by atoms with Crippen molar-refractivity contribution < 1.29 is 19.1 Å². The molecule has 0 radical (unpaired) electrons. The van der Waals surface area contributed by atoms with E-state index in [1.165, 1.54) is 18.4 Å². The van der Waals surface area contributed by atoms with Crippen LogP contribution in [-0.2, 0) is 24.5 Å². The van der Waals surface area contributed by atoms with Crippen molar-refractivity contribution in [1.29, 1.82) is 0 Å². The number of esters is 2. The zero-order chi connectivity index (χ0) is 15.9. The first-order chi connectivity index (χ1) is 10.00.